The molecule has 17 heavy (non-hydrogen) atoms. The van der Waals surface area contributed by atoms with Gasteiger partial charge in [-0.05, 0) is 18.2 Å². The molecule has 6 heteroatoms. The Morgan fingerprint density at radius 3 is 3.06 bits per heavy atom. The van der Waals surface area contributed by atoms with Crippen molar-refractivity contribution in [1.29, 1.82) is 0 Å². The summed E-state index contributed by atoms with van der Waals surface area (Å²) in [6.45, 7) is 0. The molecule has 0 saturated heterocycles. The molecule has 0 bridgehead atoms. The molecule has 2 aromatic rings. The maximum atomic E-state index is 10.8. The van der Waals surface area contributed by atoms with E-state index in [-0.39, 0.29) is 5.69 Å². The summed E-state index contributed by atoms with van der Waals surface area (Å²) in [5.74, 6) is 0.767. The first-order chi connectivity index (χ1) is 8.24. The molecular weight excluding hydrogens is 238 g/mol. The molecule has 1 heterocycles. The standard InChI is InChI=1S/C11H11N3O2S/c15-14(16)10-6-3-4-8-9(5-1-2-7-17)12-13-11(8)10/h1,3-6,17H,2,7H2,(H,12,13). The first-order valence-electron chi connectivity index (χ1n) is 5.13. The van der Waals surface area contributed by atoms with Gasteiger partial charge in [0.2, 0.25) is 0 Å². The minimum Gasteiger partial charge on any atom is -0.277 e. The van der Waals surface area contributed by atoms with Gasteiger partial charge in [-0.3, -0.25) is 15.2 Å². The lowest BCUT2D eigenvalue weighted by molar-refractivity contribution is -0.383. The molecule has 88 valence electrons. The van der Waals surface area contributed by atoms with E-state index in [1.807, 2.05) is 18.2 Å². The third-order valence-corrected chi connectivity index (χ3v) is 2.63. The number of nitro benzene ring substituents is 1. The van der Waals surface area contributed by atoms with Gasteiger partial charge in [0.05, 0.1) is 10.6 Å². The van der Waals surface area contributed by atoms with E-state index >= 15 is 0 Å². The van der Waals surface area contributed by atoms with Gasteiger partial charge in [0.15, 0.2) is 5.52 Å². The molecule has 0 amide bonds. The number of para-hydroxylation sites is 1. The topological polar surface area (TPSA) is 71.8 Å². The Morgan fingerprint density at radius 1 is 1.53 bits per heavy atom. The van der Waals surface area contributed by atoms with E-state index < -0.39 is 4.92 Å². The molecule has 0 aliphatic rings. The summed E-state index contributed by atoms with van der Waals surface area (Å²) < 4.78 is 0. The highest BCUT2D eigenvalue weighted by Gasteiger charge is 2.15. The molecule has 1 aromatic carbocycles. The van der Waals surface area contributed by atoms with E-state index in [1.165, 1.54) is 6.07 Å². The zero-order valence-corrected chi connectivity index (χ0v) is 9.85. The highest BCUT2D eigenvalue weighted by atomic mass is 32.1. The quantitative estimate of drug-likeness (QED) is 0.497. The van der Waals surface area contributed by atoms with Crippen molar-refractivity contribution in [3.63, 3.8) is 0 Å². The van der Waals surface area contributed by atoms with Crippen LogP contribution in [-0.2, 0) is 0 Å². The highest BCUT2D eigenvalue weighted by molar-refractivity contribution is 7.80. The van der Waals surface area contributed by atoms with E-state index in [9.17, 15) is 10.1 Å². The number of hydrogen-bond donors (Lipinski definition) is 2. The average molecular weight is 249 g/mol. The first-order valence-corrected chi connectivity index (χ1v) is 5.76. The molecule has 0 aliphatic carbocycles. The number of thiol groups is 1. The van der Waals surface area contributed by atoms with E-state index in [0.29, 0.717) is 5.52 Å². The van der Waals surface area contributed by atoms with Gasteiger partial charge in [-0.1, -0.05) is 18.2 Å². The molecule has 0 radical (unpaired) electrons. The van der Waals surface area contributed by atoms with Gasteiger partial charge in [-0.25, -0.2) is 0 Å². The molecule has 0 unspecified atom stereocenters. The van der Waals surface area contributed by atoms with Crippen molar-refractivity contribution in [2.24, 2.45) is 0 Å². The molecule has 1 aromatic heterocycles. The van der Waals surface area contributed by atoms with Crippen LogP contribution in [0.15, 0.2) is 24.3 Å². The minimum atomic E-state index is -0.426. The van der Waals surface area contributed by atoms with Crippen molar-refractivity contribution in [1.82, 2.24) is 10.2 Å². The third kappa shape index (κ3) is 2.31. The number of nitrogens with one attached hydrogen (secondary N) is 1. The van der Waals surface area contributed by atoms with Gasteiger partial charge in [-0.15, -0.1) is 0 Å². The molecule has 0 saturated carbocycles. The van der Waals surface area contributed by atoms with Crippen LogP contribution in [0.4, 0.5) is 5.69 Å². The number of H-pyrrole nitrogens is 1. The predicted molar refractivity (Wildman–Crippen MR) is 70.3 cm³/mol. The number of nitro groups is 1. The fourth-order valence-corrected chi connectivity index (χ4v) is 1.74. The van der Waals surface area contributed by atoms with Crippen LogP contribution in [0.2, 0.25) is 0 Å². The fraction of sp³-hybridized carbons (Fsp3) is 0.182. The van der Waals surface area contributed by atoms with Crippen LogP contribution in [0.3, 0.4) is 0 Å². The van der Waals surface area contributed by atoms with Crippen LogP contribution in [-0.4, -0.2) is 20.9 Å². The largest absolute Gasteiger partial charge is 0.297 e. The van der Waals surface area contributed by atoms with Crippen LogP contribution >= 0.6 is 12.6 Å². The summed E-state index contributed by atoms with van der Waals surface area (Å²) in [5.41, 5.74) is 1.20. The van der Waals surface area contributed by atoms with Crippen molar-refractivity contribution >= 4 is 35.3 Å². The number of non-ortho nitro benzene ring substituents is 1. The predicted octanol–water partition coefficient (Wildman–Crippen LogP) is 2.80. The lowest BCUT2D eigenvalue weighted by atomic mass is 10.2. The zero-order chi connectivity index (χ0) is 12.3. The normalized spacial score (nSPS) is 11.4. The van der Waals surface area contributed by atoms with Gasteiger partial charge in [-0.2, -0.15) is 17.7 Å². The summed E-state index contributed by atoms with van der Waals surface area (Å²) in [7, 11) is 0. The summed E-state index contributed by atoms with van der Waals surface area (Å²) in [5, 5.41) is 18.4. The first kappa shape index (κ1) is 11.7. The van der Waals surface area contributed by atoms with Crippen molar-refractivity contribution in [2.75, 3.05) is 5.75 Å². The minimum absolute atomic E-state index is 0.0209. The zero-order valence-electron chi connectivity index (χ0n) is 8.96. The lowest BCUT2D eigenvalue weighted by Crippen LogP contribution is -1.88. The molecule has 1 N–H and O–H groups in total. The summed E-state index contributed by atoms with van der Waals surface area (Å²) in [4.78, 5) is 10.4. The Labute approximate surface area is 103 Å². The van der Waals surface area contributed by atoms with Crippen molar-refractivity contribution < 1.29 is 4.92 Å². The molecule has 0 atom stereocenters. The molecule has 0 spiro atoms. The molecule has 2 rings (SSSR count). The van der Waals surface area contributed by atoms with E-state index in [4.69, 9.17) is 0 Å². The smallest absolute Gasteiger partial charge is 0.277 e. The molecular formula is C11H11N3O2S. The molecule has 0 aliphatic heterocycles. The lowest BCUT2D eigenvalue weighted by Gasteiger charge is -1.92. The Morgan fingerprint density at radius 2 is 2.35 bits per heavy atom. The number of aromatic nitrogens is 2. The van der Waals surface area contributed by atoms with Crippen LogP contribution in [0.1, 0.15) is 12.1 Å². The number of benzene rings is 1. The van der Waals surface area contributed by atoms with Crippen molar-refractivity contribution in [3.05, 3.63) is 40.1 Å². The van der Waals surface area contributed by atoms with Crippen molar-refractivity contribution in [3.8, 4) is 0 Å². The van der Waals surface area contributed by atoms with Crippen LogP contribution < -0.4 is 0 Å². The molecule has 5 nitrogen and oxygen atoms in total. The number of fused-ring (bicyclic) bond motifs is 1. The molecule has 0 fully saturated rings. The maximum absolute atomic E-state index is 10.8. The summed E-state index contributed by atoms with van der Waals surface area (Å²) in [6.07, 6.45) is 4.67. The average Bonchev–Trinajstić information content (AvgIpc) is 2.72. The summed E-state index contributed by atoms with van der Waals surface area (Å²) in [6, 6.07) is 4.92. The second kappa shape index (κ2) is 5.01. The van der Waals surface area contributed by atoms with Gasteiger partial charge >= 0.3 is 0 Å². The van der Waals surface area contributed by atoms with E-state index in [1.54, 1.807) is 6.07 Å². The van der Waals surface area contributed by atoms with Gasteiger partial charge in [0, 0.05) is 11.5 Å². The Hall–Kier alpha value is -1.82. The monoisotopic (exact) mass is 249 g/mol. The number of aromatic amines is 1. The highest BCUT2D eigenvalue weighted by Crippen LogP contribution is 2.25. The Kier molecular flexibility index (Phi) is 3.43. The second-order valence-corrected chi connectivity index (χ2v) is 3.93. The number of nitrogens with zero attached hydrogens (tertiary/aromatic N) is 2. The van der Waals surface area contributed by atoms with Crippen LogP contribution in [0.5, 0.6) is 0 Å². The maximum Gasteiger partial charge on any atom is 0.297 e. The SMILES string of the molecule is O=[N+]([O-])c1cccc2c(C=CCCS)[nH]nc12. The van der Waals surface area contributed by atoms with Gasteiger partial charge in [0.25, 0.3) is 5.69 Å². The van der Waals surface area contributed by atoms with Crippen molar-refractivity contribution in [2.45, 2.75) is 6.42 Å². The number of allylic oxidation sites excluding steroid dienone is 1. The second-order valence-electron chi connectivity index (χ2n) is 3.48. The third-order valence-electron chi connectivity index (χ3n) is 2.37. The number of rotatable bonds is 4. The fourth-order valence-electron chi connectivity index (χ4n) is 1.59. The van der Waals surface area contributed by atoms with Crippen LogP contribution in [0, 0.1) is 10.1 Å². The Balaban J connectivity index is 2.47. The van der Waals surface area contributed by atoms with Crippen LogP contribution in [0.25, 0.3) is 17.0 Å². The van der Waals surface area contributed by atoms with Gasteiger partial charge in [0.1, 0.15) is 0 Å². The van der Waals surface area contributed by atoms with E-state index in [2.05, 4.69) is 22.8 Å². The van der Waals surface area contributed by atoms with Gasteiger partial charge < -0.3 is 0 Å². The Bertz CT molecular complexity index is 577. The number of hydrogen-bond acceptors (Lipinski definition) is 4. The summed E-state index contributed by atoms with van der Waals surface area (Å²) >= 11 is 4.10. The van der Waals surface area contributed by atoms with E-state index in [0.717, 1.165) is 23.3 Å².